The number of carbonyl (C=O) groups excluding carboxylic acids is 2. The quantitative estimate of drug-likeness (QED) is 0.890. The smallest absolute Gasteiger partial charge is 0.245 e. The SMILES string of the molecule is CC1(C)C(=O)NCCN1C(=O)Cc1c[nH]c2cc(Cl)ccc12. The van der Waals surface area contributed by atoms with E-state index in [4.69, 9.17) is 11.6 Å². The van der Waals surface area contributed by atoms with Crippen molar-refractivity contribution >= 4 is 34.3 Å². The first kappa shape index (κ1) is 14.9. The molecule has 116 valence electrons. The van der Waals surface area contributed by atoms with Gasteiger partial charge in [0.25, 0.3) is 0 Å². The molecule has 1 saturated heterocycles. The molecular weight excluding hydrogens is 302 g/mol. The topological polar surface area (TPSA) is 65.2 Å². The molecule has 0 unspecified atom stereocenters. The van der Waals surface area contributed by atoms with E-state index in [1.54, 1.807) is 18.7 Å². The fourth-order valence-corrected chi connectivity index (χ4v) is 3.07. The molecule has 2 N–H and O–H groups in total. The summed E-state index contributed by atoms with van der Waals surface area (Å²) in [5, 5.41) is 4.44. The van der Waals surface area contributed by atoms with Crippen LogP contribution in [0.1, 0.15) is 19.4 Å². The molecule has 2 aromatic rings. The maximum atomic E-state index is 12.6. The monoisotopic (exact) mass is 319 g/mol. The predicted molar refractivity (Wildman–Crippen MR) is 85.8 cm³/mol. The number of hydrogen-bond acceptors (Lipinski definition) is 2. The van der Waals surface area contributed by atoms with Crippen molar-refractivity contribution in [2.45, 2.75) is 25.8 Å². The second-order valence-corrected chi connectivity index (χ2v) is 6.48. The number of nitrogens with one attached hydrogen (secondary N) is 2. The first-order valence-electron chi connectivity index (χ1n) is 7.24. The highest BCUT2D eigenvalue weighted by molar-refractivity contribution is 6.31. The molecule has 2 heterocycles. The first-order valence-corrected chi connectivity index (χ1v) is 7.61. The molecule has 1 aromatic carbocycles. The van der Waals surface area contributed by atoms with Crippen LogP contribution in [0.5, 0.6) is 0 Å². The van der Waals surface area contributed by atoms with Gasteiger partial charge in [-0.25, -0.2) is 0 Å². The van der Waals surface area contributed by atoms with Gasteiger partial charge in [0, 0.05) is 35.2 Å². The largest absolute Gasteiger partial charge is 0.361 e. The molecule has 2 amide bonds. The maximum absolute atomic E-state index is 12.6. The van der Waals surface area contributed by atoms with Gasteiger partial charge in [0.05, 0.1) is 6.42 Å². The molecule has 22 heavy (non-hydrogen) atoms. The van der Waals surface area contributed by atoms with Gasteiger partial charge in [0.2, 0.25) is 11.8 Å². The summed E-state index contributed by atoms with van der Waals surface area (Å²) < 4.78 is 0. The lowest BCUT2D eigenvalue weighted by molar-refractivity contribution is -0.148. The highest BCUT2D eigenvalue weighted by Gasteiger charge is 2.40. The molecule has 0 atom stereocenters. The summed E-state index contributed by atoms with van der Waals surface area (Å²) in [4.78, 5) is 29.4. The Morgan fingerprint density at radius 1 is 1.41 bits per heavy atom. The fourth-order valence-electron chi connectivity index (χ4n) is 2.90. The van der Waals surface area contributed by atoms with Crippen molar-refractivity contribution in [3.8, 4) is 0 Å². The van der Waals surface area contributed by atoms with Gasteiger partial charge < -0.3 is 15.2 Å². The van der Waals surface area contributed by atoms with Crippen LogP contribution in [0.3, 0.4) is 0 Å². The zero-order chi connectivity index (χ0) is 15.9. The third-order valence-electron chi connectivity index (χ3n) is 4.22. The summed E-state index contributed by atoms with van der Waals surface area (Å²) in [6.45, 7) is 4.58. The van der Waals surface area contributed by atoms with Crippen molar-refractivity contribution in [1.82, 2.24) is 15.2 Å². The number of fused-ring (bicyclic) bond motifs is 1. The van der Waals surface area contributed by atoms with Crippen molar-refractivity contribution < 1.29 is 9.59 Å². The standard InChI is InChI=1S/C16H18ClN3O2/c1-16(2)15(22)18-5-6-20(16)14(21)7-10-9-19-13-8-11(17)3-4-12(10)13/h3-4,8-9,19H,5-7H2,1-2H3,(H,18,22). The summed E-state index contributed by atoms with van der Waals surface area (Å²) >= 11 is 5.97. The molecular formula is C16H18ClN3O2. The molecule has 0 bridgehead atoms. The van der Waals surface area contributed by atoms with E-state index >= 15 is 0 Å². The van der Waals surface area contributed by atoms with Gasteiger partial charge >= 0.3 is 0 Å². The van der Waals surface area contributed by atoms with E-state index in [0.717, 1.165) is 16.5 Å². The minimum atomic E-state index is -0.815. The van der Waals surface area contributed by atoms with Crippen LogP contribution in [0.2, 0.25) is 5.02 Å². The van der Waals surface area contributed by atoms with E-state index in [1.165, 1.54) is 0 Å². The number of nitrogens with zero attached hydrogens (tertiary/aromatic N) is 1. The Kier molecular flexibility index (Phi) is 3.60. The molecule has 1 aliphatic heterocycles. The Balaban J connectivity index is 1.85. The first-order chi connectivity index (χ1) is 10.4. The minimum absolute atomic E-state index is 0.0456. The number of hydrogen-bond donors (Lipinski definition) is 2. The van der Waals surface area contributed by atoms with Gasteiger partial charge in [0.15, 0.2) is 0 Å². The number of carbonyl (C=O) groups is 2. The summed E-state index contributed by atoms with van der Waals surface area (Å²) in [6, 6.07) is 5.55. The molecule has 3 rings (SSSR count). The van der Waals surface area contributed by atoms with Crippen LogP contribution in [-0.4, -0.2) is 40.3 Å². The van der Waals surface area contributed by atoms with Crippen LogP contribution < -0.4 is 5.32 Å². The molecule has 0 spiro atoms. The van der Waals surface area contributed by atoms with Crippen LogP contribution >= 0.6 is 11.6 Å². The van der Waals surface area contributed by atoms with Gasteiger partial charge in [-0.3, -0.25) is 9.59 Å². The second-order valence-electron chi connectivity index (χ2n) is 6.04. The Labute approximate surface area is 133 Å². The van der Waals surface area contributed by atoms with Crippen LogP contribution in [0.15, 0.2) is 24.4 Å². The number of aromatic nitrogens is 1. The summed E-state index contributed by atoms with van der Waals surface area (Å²) in [7, 11) is 0. The van der Waals surface area contributed by atoms with Crippen molar-refractivity contribution in [2.24, 2.45) is 0 Å². The van der Waals surface area contributed by atoms with Crippen LogP contribution in [0.25, 0.3) is 10.9 Å². The zero-order valence-corrected chi connectivity index (χ0v) is 13.3. The highest BCUT2D eigenvalue weighted by atomic mass is 35.5. The number of rotatable bonds is 2. The second kappa shape index (κ2) is 5.32. The van der Waals surface area contributed by atoms with E-state index in [9.17, 15) is 9.59 Å². The maximum Gasteiger partial charge on any atom is 0.245 e. The van der Waals surface area contributed by atoms with E-state index < -0.39 is 5.54 Å². The lowest BCUT2D eigenvalue weighted by Crippen LogP contribution is -2.63. The van der Waals surface area contributed by atoms with Crippen molar-refractivity contribution in [3.05, 3.63) is 35.0 Å². The highest BCUT2D eigenvalue weighted by Crippen LogP contribution is 2.24. The molecule has 6 heteroatoms. The van der Waals surface area contributed by atoms with E-state index in [2.05, 4.69) is 10.3 Å². The van der Waals surface area contributed by atoms with Crippen molar-refractivity contribution in [2.75, 3.05) is 13.1 Å². The summed E-state index contributed by atoms with van der Waals surface area (Å²) in [6.07, 6.45) is 2.09. The van der Waals surface area contributed by atoms with Crippen LogP contribution in [-0.2, 0) is 16.0 Å². The van der Waals surface area contributed by atoms with Crippen LogP contribution in [0, 0.1) is 0 Å². The fraction of sp³-hybridized carbons (Fsp3) is 0.375. The van der Waals surface area contributed by atoms with Gasteiger partial charge in [-0.15, -0.1) is 0 Å². The van der Waals surface area contributed by atoms with Crippen molar-refractivity contribution in [3.63, 3.8) is 0 Å². The molecule has 5 nitrogen and oxygen atoms in total. The molecule has 0 aliphatic carbocycles. The molecule has 0 radical (unpaired) electrons. The number of amides is 2. The van der Waals surface area contributed by atoms with Gasteiger partial charge in [-0.1, -0.05) is 17.7 Å². The van der Waals surface area contributed by atoms with Gasteiger partial charge in [0.1, 0.15) is 5.54 Å². The zero-order valence-electron chi connectivity index (χ0n) is 12.6. The number of H-pyrrole nitrogens is 1. The van der Waals surface area contributed by atoms with E-state index in [0.29, 0.717) is 18.1 Å². The molecule has 0 saturated carbocycles. The Morgan fingerprint density at radius 3 is 2.95 bits per heavy atom. The third kappa shape index (κ3) is 2.46. The van der Waals surface area contributed by atoms with Crippen LogP contribution in [0.4, 0.5) is 0 Å². The third-order valence-corrected chi connectivity index (χ3v) is 4.46. The van der Waals surface area contributed by atoms with Gasteiger partial charge in [-0.2, -0.15) is 0 Å². The Bertz CT molecular complexity index is 751. The Hall–Kier alpha value is -2.01. The molecule has 1 aromatic heterocycles. The Morgan fingerprint density at radius 2 is 2.18 bits per heavy atom. The number of aromatic amines is 1. The average Bonchev–Trinajstić information content (AvgIpc) is 2.83. The lowest BCUT2D eigenvalue weighted by Gasteiger charge is -2.41. The number of halogens is 1. The van der Waals surface area contributed by atoms with Crippen molar-refractivity contribution in [1.29, 1.82) is 0 Å². The van der Waals surface area contributed by atoms with E-state index in [1.807, 2.05) is 24.4 Å². The average molecular weight is 320 g/mol. The number of benzene rings is 1. The summed E-state index contributed by atoms with van der Waals surface area (Å²) in [5.41, 5.74) is 1.01. The minimum Gasteiger partial charge on any atom is -0.361 e. The van der Waals surface area contributed by atoms with E-state index in [-0.39, 0.29) is 18.2 Å². The molecule has 1 aliphatic rings. The number of piperazine rings is 1. The molecule has 1 fully saturated rings. The van der Waals surface area contributed by atoms with Gasteiger partial charge in [-0.05, 0) is 31.5 Å². The summed E-state index contributed by atoms with van der Waals surface area (Å²) in [5.74, 6) is -0.159. The lowest BCUT2D eigenvalue weighted by atomic mass is 9.97. The predicted octanol–water partition coefficient (Wildman–Crippen LogP) is 2.10. The normalized spacial score (nSPS) is 17.6.